The predicted octanol–water partition coefficient (Wildman–Crippen LogP) is 1.97. The molecule has 0 aromatic carbocycles. The molecule has 1 aliphatic rings. The minimum Gasteiger partial charge on any atom is -0.376 e. The van der Waals surface area contributed by atoms with Crippen LogP contribution in [0, 0.1) is 0 Å². The van der Waals surface area contributed by atoms with Crippen molar-refractivity contribution in [3.8, 4) is 0 Å². The second kappa shape index (κ2) is 6.05. The Balaban J connectivity index is 2.18. The van der Waals surface area contributed by atoms with Gasteiger partial charge in [-0.1, -0.05) is 13.3 Å². The third-order valence-electron chi connectivity index (χ3n) is 3.51. The van der Waals surface area contributed by atoms with E-state index in [1.807, 2.05) is 0 Å². The molecule has 0 radical (unpaired) electrons. The van der Waals surface area contributed by atoms with Gasteiger partial charge in [-0.25, -0.2) is 4.68 Å². The quantitative estimate of drug-likeness (QED) is 0.867. The van der Waals surface area contributed by atoms with Crippen molar-refractivity contribution in [1.82, 2.24) is 15.1 Å². The molecule has 6 heteroatoms. The van der Waals surface area contributed by atoms with E-state index >= 15 is 0 Å². The van der Waals surface area contributed by atoms with E-state index in [4.69, 9.17) is 0 Å². The summed E-state index contributed by atoms with van der Waals surface area (Å²) >= 11 is 3.40. The molecule has 1 aliphatic heterocycles. The molecule has 0 bridgehead atoms. The number of rotatable bonds is 5. The SMILES string of the molecule is CCCCn1ncc(NC2(C)CCNC2)c(Br)c1=O. The molecule has 2 rings (SSSR count). The van der Waals surface area contributed by atoms with Crippen LogP contribution in [0.2, 0.25) is 0 Å². The van der Waals surface area contributed by atoms with Crippen LogP contribution in [0.4, 0.5) is 5.69 Å². The zero-order chi connectivity index (χ0) is 13.9. The van der Waals surface area contributed by atoms with Gasteiger partial charge < -0.3 is 10.6 Å². The summed E-state index contributed by atoms with van der Waals surface area (Å²) in [7, 11) is 0. The summed E-state index contributed by atoms with van der Waals surface area (Å²) in [4.78, 5) is 12.2. The average molecular weight is 329 g/mol. The van der Waals surface area contributed by atoms with Gasteiger partial charge in [0.25, 0.3) is 5.56 Å². The van der Waals surface area contributed by atoms with Gasteiger partial charge in [0.15, 0.2) is 0 Å². The zero-order valence-corrected chi connectivity index (χ0v) is 13.1. The first kappa shape index (κ1) is 14.5. The molecule has 0 spiro atoms. The first-order valence-corrected chi connectivity index (χ1v) is 7.59. The van der Waals surface area contributed by atoms with Gasteiger partial charge in [-0.15, -0.1) is 0 Å². The summed E-state index contributed by atoms with van der Waals surface area (Å²) in [5, 5.41) is 11.0. The number of aromatic nitrogens is 2. The lowest BCUT2D eigenvalue weighted by atomic mass is 10.0. The third-order valence-corrected chi connectivity index (χ3v) is 4.28. The van der Waals surface area contributed by atoms with Crippen molar-refractivity contribution >= 4 is 21.6 Å². The maximum Gasteiger partial charge on any atom is 0.283 e. The van der Waals surface area contributed by atoms with Crippen molar-refractivity contribution in [3.05, 3.63) is 21.0 Å². The molecule has 1 aromatic rings. The highest BCUT2D eigenvalue weighted by Gasteiger charge is 2.29. The van der Waals surface area contributed by atoms with Crippen LogP contribution in [-0.2, 0) is 6.54 Å². The van der Waals surface area contributed by atoms with Gasteiger partial charge in [0.05, 0.1) is 11.9 Å². The smallest absolute Gasteiger partial charge is 0.283 e. The molecule has 0 saturated carbocycles. The van der Waals surface area contributed by atoms with E-state index in [9.17, 15) is 4.79 Å². The topological polar surface area (TPSA) is 59.0 Å². The lowest BCUT2D eigenvalue weighted by Gasteiger charge is -2.26. The Morgan fingerprint density at radius 3 is 3.05 bits per heavy atom. The molecule has 2 N–H and O–H groups in total. The van der Waals surface area contributed by atoms with E-state index in [2.05, 4.69) is 45.5 Å². The van der Waals surface area contributed by atoms with Gasteiger partial charge in [-0.2, -0.15) is 5.10 Å². The summed E-state index contributed by atoms with van der Waals surface area (Å²) in [6, 6.07) is 0. The summed E-state index contributed by atoms with van der Waals surface area (Å²) in [6.07, 6.45) is 4.80. The Hall–Kier alpha value is -0.880. The number of unbranched alkanes of at least 4 members (excludes halogenated alkanes) is 1. The predicted molar refractivity (Wildman–Crippen MR) is 80.6 cm³/mol. The summed E-state index contributed by atoms with van der Waals surface area (Å²) in [5.74, 6) is 0. The van der Waals surface area contributed by atoms with Crippen molar-refractivity contribution in [1.29, 1.82) is 0 Å². The molecule has 0 aliphatic carbocycles. The Morgan fingerprint density at radius 2 is 2.42 bits per heavy atom. The number of nitrogens with one attached hydrogen (secondary N) is 2. The first-order valence-electron chi connectivity index (χ1n) is 6.80. The summed E-state index contributed by atoms with van der Waals surface area (Å²) in [5.41, 5.74) is 0.712. The van der Waals surface area contributed by atoms with Gasteiger partial charge in [0, 0.05) is 18.6 Å². The second-order valence-electron chi connectivity index (χ2n) is 5.37. The van der Waals surface area contributed by atoms with Crippen molar-refractivity contribution in [2.45, 2.75) is 45.2 Å². The maximum atomic E-state index is 12.2. The minimum absolute atomic E-state index is 0.00770. The van der Waals surface area contributed by atoms with Crippen LogP contribution >= 0.6 is 15.9 Å². The van der Waals surface area contributed by atoms with Crippen LogP contribution in [0.25, 0.3) is 0 Å². The molecule has 106 valence electrons. The number of aryl methyl sites for hydroxylation is 1. The summed E-state index contributed by atoms with van der Waals surface area (Å²) in [6.45, 7) is 6.83. The molecule has 1 saturated heterocycles. The molecule has 5 nitrogen and oxygen atoms in total. The third kappa shape index (κ3) is 3.36. The minimum atomic E-state index is -0.0620. The van der Waals surface area contributed by atoms with Gasteiger partial charge >= 0.3 is 0 Å². The lowest BCUT2D eigenvalue weighted by Crippen LogP contribution is -2.38. The molecule has 19 heavy (non-hydrogen) atoms. The van der Waals surface area contributed by atoms with Crippen molar-refractivity contribution in [2.24, 2.45) is 0 Å². The molecular formula is C13H21BrN4O. The van der Waals surface area contributed by atoms with E-state index in [-0.39, 0.29) is 11.1 Å². The lowest BCUT2D eigenvalue weighted by molar-refractivity contribution is 0.535. The fraction of sp³-hybridized carbons (Fsp3) is 0.692. The van der Waals surface area contributed by atoms with Gasteiger partial charge in [0.2, 0.25) is 0 Å². The summed E-state index contributed by atoms with van der Waals surface area (Å²) < 4.78 is 2.10. The number of halogens is 1. The second-order valence-corrected chi connectivity index (χ2v) is 6.16. The fourth-order valence-corrected chi connectivity index (χ4v) is 2.67. The van der Waals surface area contributed by atoms with Crippen LogP contribution in [0.3, 0.4) is 0 Å². The highest BCUT2D eigenvalue weighted by atomic mass is 79.9. The molecular weight excluding hydrogens is 308 g/mol. The number of anilines is 1. The van der Waals surface area contributed by atoms with Crippen molar-refractivity contribution < 1.29 is 0 Å². The molecule has 1 unspecified atom stereocenters. The highest BCUT2D eigenvalue weighted by molar-refractivity contribution is 9.10. The van der Waals surface area contributed by atoms with Crippen LogP contribution in [0.1, 0.15) is 33.1 Å². The van der Waals surface area contributed by atoms with Crippen LogP contribution < -0.4 is 16.2 Å². The van der Waals surface area contributed by atoms with Gasteiger partial charge in [0.1, 0.15) is 4.47 Å². The maximum absolute atomic E-state index is 12.2. The molecule has 1 aromatic heterocycles. The standard InChI is InChI=1S/C13H21BrN4O/c1-3-4-7-18-12(19)11(14)10(8-16-18)17-13(2)5-6-15-9-13/h8,15,17H,3-7,9H2,1-2H3. The highest BCUT2D eigenvalue weighted by Crippen LogP contribution is 2.24. The number of nitrogens with zero attached hydrogens (tertiary/aromatic N) is 2. The fourth-order valence-electron chi connectivity index (χ4n) is 2.27. The van der Waals surface area contributed by atoms with E-state index in [1.54, 1.807) is 6.20 Å². The monoisotopic (exact) mass is 328 g/mol. The average Bonchev–Trinajstić information content (AvgIpc) is 2.81. The van der Waals surface area contributed by atoms with E-state index in [0.717, 1.165) is 38.0 Å². The Morgan fingerprint density at radius 1 is 1.63 bits per heavy atom. The first-order chi connectivity index (χ1) is 9.06. The largest absolute Gasteiger partial charge is 0.376 e. The van der Waals surface area contributed by atoms with Crippen LogP contribution in [0.15, 0.2) is 15.5 Å². The molecule has 2 heterocycles. The zero-order valence-electron chi connectivity index (χ0n) is 11.5. The van der Waals surface area contributed by atoms with Gasteiger partial charge in [-0.3, -0.25) is 4.79 Å². The van der Waals surface area contributed by atoms with Crippen molar-refractivity contribution in [2.75, 3.05) is 18.4 Å². The van der Waals surface area contributed by atoms with Gasteiger partial charge in [-0.05, 0) is 42.2 Å². The van der Waals surface area contributed by atoms with Crippen molar-refractivity contribution in [3.63, 3.8) is 0 Å². The Bertz CT molecular complexity index is 494. The van der Waals surface area contributed by atoms with E-state index < -0.39 is 0 Å². The van der Waals surface area contributed by atoms with E-state index in [0.29, 0.717) is 11.0 Å². The Labute approximate surface area is 121 Å². The van der Waals surface area contributed by atoms with Crippen LogP contribution in [0.5, 0.6) is 0 Å². The normalized spacial score (nSPS) is 22.7. The van der Waals surface area contributed by atoms with Crippen LogP contribution in [-0.4, -0.2) is 28.4 Å². The number of hydrogen-bond acceptors (Lipinski definition) is 4. The molecule has 0 amide bonds. The molecule has 1 fully saturated rings. The number of hydrogen-bond donors (Lipinski definition) is 2. The Kier molecular flexibility index (Phi) is 4.62. The molecule has 1 atom stereocenters. The van der Waals surface area contributed by atoms with E-state index in [1.165, 1.54) is 4.68 Å².